The van der Waals surface area contributed by atoms with Crippen LogP contribution in [0.25, 0.3) is 0 Å². The summed E-state index contributed by atoms with van der Waals surface area (Å²) in [6.07, 6.45) is 0.507. The van der Waals surface area contributed by atoms with Gasteiger partial charge in [-0.25, -0.2) is 0 Å². The Balaban J connectivity index is 2.00. The molecule has 1 aliphatic carbocycles. The van der Waals surface area contributed by atoms with Crippen LogP contribution in [0.1, 0.15) is 25.8 Å². The fourth-order valence-electron chi connectivity index (χ4n) is 2.56. The number of nitrogens with one attached hydrogen (secondary N) is 1. The maximum absolute atomic E-state index is 12.2. The number of carbonyl (C=O) groups excluding carboxylic acids is 1. The Morgan fingerprint density at radius 1 is 1.38 bits per heavy atom. The third-order valence-corrected chi connectivity index (χ3v) is 4.40. The quantitative estimate of drug-likeness (QED) is 0.864. The Hall–Kier alpha value is -1.75. The SMILES string of the molecule is COc1ccc(CC(=O)NC2CC(O)C2(C)C)c(OC)c1. The summed E-state index contributed by atoms with van der Waals surface area (Å²) < 4.78 is 10.4. The van der Waals surface area contributed by atoms with Gasteiger partial charge in [-0.2, -0.15) is 0 Å². The van der Waals surface area contributed by atoms with Crippen LogP contribution in [0.2, 0.25) is 0 Å². The van der Waals surface area contributed by atoms with E-state index in [1.165, 1.54) is 0 Å². The van der Waals surface area contributed by atoms with Gasteiger partial charge < -0.3 is 19.9 Å². The van der Waals surface area contributed by atoms with Crippen LogP contribution >= 0.6 is 0 Å². The zero-order valence-electron chi connectivity index (χ0n) is 13.0. The van der Waals surface area contributed by atoms with Gasteiger partial charge in [-0.3, -0.25) is 4.79 Å². The second kappa shape index (κ2) is 5.93. The Labute approximate surface area is 125 Å². The minimum absolute atomic E-state index is 0.0178. The molecule has 1 saturated carbocycles. The molecule has 0 heterocycles. The molecule has 5 heteroatoms. The summed E-state index contributed by atoms with van der Waals surface area (Å²) in [6, 6.07) is 5.42. The van der Waals surface area contributed by atoms with Crippen LogP contribution in [0.3, 0.4) is 0 Å². The first-order chi connectivity index (χ1) is 9.88. The molecule has 2 atom stereocenters. The van der Waals surface area contributed by atoms with Gasteiger partial charge in [0.15, 0.2) is 0 Å². The Kier molecular flexibility index (Phi) is 4.42. The Morgan fingerprint density at radius 2 is 2.10 bits per heavy atom. The second-order valence-corrected chi connectivity index (χ2v) is 6.05. The van der Waals surface area contributed by atoms with Crippen molar-refractivity contribution in [1.29, 1.82) is 0 Å². The van der Waals surface area contributed by atoms with Crippen molar-refractivity contribution >= 4 is 5.91 Å². The van der Waals surface area contributed by atoms with Gasteiger partial charge in [0.25, 0.3) is 0 Å². The molecule has 2 rings (SSSR count). The topological polar surface area (TPSA) is 67.8 Å². The first-order valence-corrected chi connectivity index (χ1v) is 7.06. The van der Waals surface area contributed by atoms with Gasteiger partial charge >= 0.3 is 0 Å². The summed E-state index contributed by atoms with van der Waals surface area (Å²) in [5.74, 6) is 1.26. The van der Waals surface area contributed by atoms with Crippen LogP contribution in [0.4, 0.5) is 0 Å². The van der Waals surface area contributed by atoms with Crippen LogP contribution in [0, 0.1) is 5.41 Å². The van der Waals surface area contributed by atoms with Gasteiger partial charge in [0.1, 0.15) is 11.5 Å². The number of methoxy groups -OCH3 is 2. The first kappa shape index (κ1) is 15.6. The molecule has 0 aromatic heterocycles. The number of carbonyl (C=O) groups is 1. The molecule has 2 unspecified atom stereocenters. The van der Waals surface area contributed by atoms with E-state index in [0.29, 0.717) is 17.9 Å². The van der Waals surface area contributed by atoms with Crippen molar-refractivity contribution in [3.8, 4) is 11.5 Å². The summed E-state index contributed by atoms with van der Waals surface area (Å²) in [5.41, 5.74) is 0.549. The molecule has 1 fully saturated rings. The van der Waals surface area contributed by atoms with E-state index < -0.39 is 0 Å². The van der Waals surface area contributed by atoms with E-state index in [1.54, 1.807) is 20.3 Å². The number of aliphatic hydroxyl groups excluding tert-OH is 1. The maximum Gasteiger partial charge on any atom is 0.224 e. The lowest BCUT2D eigenvalue weighted by Crippen LogP contribution is -2.61. The molecular formula is C16H23NO4. The molecule has 0 saturated heterocycles. The highest BCUT2D eigenvalue weighted by Crippen LogP contribution is 2.40. The minimum Gasteiger partial charge on any atom is -0.497 e. The van der Waals surface area contributed by atoms with Crippen molar-refractivity contribution in [2.45, 2.75) is 38.8 Å². The number of hydrogen-bond donors (Lipinski definition) is 2. The summed E-state index contributed by atoms with van der Waals surface area (Å²) in [6.45, 7) is 3.92. The zero-order valence-corrected chi connectivity index (χ0v) is 13.0. The molecule has 2 N–H and O–H groups in total. The summed E-state index contributed by atoms with van der Waals surface area (Å²) >= 11 is 0. The normalized spacial score (nSPS) is 23.1. The van der Waals surface area contributed by atoms with Gasteiger partial charge in [0.2, 0.25) is 5.91 Å². The molecule has 0 bridgehead atoms. The minimum atomic E-state index is -0.349. The predicted octanol–water partition coefficient (Wildman–Crippen LogP) is 1.52. The van der Waals surface area contributed by atoms with E-state index >= 15 is 0 Å². The molecule has 21 heavy (non-hydrogen) atoms. The number of aliphatic hydroxyl groups is 1. The van der Waals surface area contributed by atoms with E-state index in [4.69, 9.17) is 9.47 Å². The van der Waals surface area contributed by atoms with Gasteiger partial charge in [0, 0.05) is 23.1 Å². The zero-order chi connectivity index (χ0) is 15.6. The van der Waals surface area contributed by atoms with Crippen molar-refractivity contribution in [3.05, 3.63) is 23.8 Å². The molecular weight excluding hydrogens is 270 g/mol. The van der Waals surface area contributed by atoms with E-state index in [1.807, 2.05) is 26.0 Å². The van der Waals surface area contributed by atoms with E-state index in [9.17, 15) is 9.90 Å². The Morgan fingerprint density at radius 3 is 2.62 bits per heavy atom. The molecule has 1 aromatic carbocycles. The second-order valence-electron chi connectivity index (χ2n) is 6.05. The molecule has 1 amide bonds. The van der Waals surface area contributed by atoms with Crippen LogP contribution in [0.15, 0.2) is 18.2 Å². The lowest BCUT2D eigenvalue weighted by molar-refractivity contribution is -0.128. The van der Waals surface area contributed by atoms with E-state index in [0.717, 1.165) is 5.56 Å². The molecule has 5 nitrogen and oxygen atoms in total. The molecule has 0 spiro atoms. The molecule has 1 aliphatic rings. The fraction of sp³-hybridized carbons (Fsp3) is 0.562. The number of hydrogen-bond acceptors (Lipinski definition) is 4. The van der Waals surface area contributed by atoms with Crippen LogP contribution in [-0.4, -0.2) is 37.4 Å². The lowest BCUT2D eigenvalue weighted by atomic mass is 9.64. The smallest absolute Gasteiger partial charge is 0.224 e. The highest BCUT2D eigenvalue weighted by atomic mass is 16.5. The summed E-state index contributed by atoms with van der Waals surface area (Å²) in [5, 5.41) is 12.7. The van der Waals surface area contributed by atoms with Gasteiger partial charge in [-0.05, 0) is 12.5 Å². The standard InChI is InChI=1S/C16H23NO4/c1-16(2)13(9-14(16)18)17-15(19)7-10-5-6-11(20-3)8-12(10)21-4/h5-6,8,13-14,18H,7,9H2,1-4H3,(H,17,19). The lowest BCUT2D eigenvalue weighted by Gasteiger charge is -2.49. The monoisotopic (exact) mass is 293 g/mol. The van der Waals surface area contributed by atoms with E-state index in [2.05, 4.69) is 5.32 Å². The number of benzene rings is 1. The first-order valence-electron chi connectivity index (χ1n) is 7.06. The fourth-order valence-corrected chi connectivity index (χ4v) is 2.56. The largest absolute Gasteiger partial charge is 0.497 e. The van der Waals surface area contributed by atoms with Crippen molar-refractivity contribution in [1.82, 2.24) is 5.32 Å². The highest BCUT2D eigenvalue weighted by molar-refractivity contribution is 5.80. The summed E-state index contributed by atoms with van der Waals surface area (Å²) in [4.78, 5) is 12.2. The van der Waals surface area contributed by atoms with Gasteiger partial charge in [0.05, 0.1) is 26.7 Å². The van der Waals surface area contributed by atoms with Crippen LogP contribution in [-0.2, 0) is 11.2 Å². The van der Waals surface area contributed by atoms with Gasteiger partial charge in [-0.1, -0.05) is 19.9 Å². The van der Waals surface area contributed by atoms with E-state index in [-0.39, 0.29) is 29.9 Å². The number of rotatable bonds is 5. The average molecular weight is 293 g/mol. The predicted molar refractivity (Wildman–Crippen MR) is 79.6 cm³/mol. The molecule has 0 radical (unpaired) electrons. The maximum atomic E-state index is 12.2. The van der Waals surface area contributed by atoms with Crippen LogP contribution < -0.4 is 14.8 Å². The Bertz CT molecular complexity index is 527. The summed E-state index contributed by atoms with van der Waals surface area (Å²) in [7, 11) is 3.16. The average Bonchev–Trinajstić information content (AvgIpc) is 2.47. The number of ether oxygens (including phenoxy) is 2. The van der Waals surface area contributed by atoms with Crippen LogP contribution in [0.5, 0.6) is 11.5 Å². The molecule has 0 aliphatic heterocycles. The highest BCUT2D eigenvalue weighted by Gasteiger charge is 2.47. The van der Waals surface area contributed by atoms with Crippen molar-refractivity contribution < 1.29 is 19.4 Å². The third kappa shape index (κ3) is 3.13. The number of amides is 1. The molecule has 116 valence electrons. The third-order valence-electron chi connectivity index (χ3n) is 4.40. The van der Waals surface area contributed by atoms with Crippen molar-refractivity contribution in [2.75, 3.05) is 14.2 Å². The van der Waals surface area contributed by atoms with Gasteiger partial charge in [-0.15, -0.1) is 0 Å². The van der Waals surface area contributed by atoms with Crippen molar-refractivity contribution in [3.63, 3.8) is 0 Å². The van der Waals surface area contributed by atoms with Crippen molar-refractivity contribution in [2.24, 2.45) is 5.41 Å². The molecule has 1 aromatic rings.